The van der Waals surface area contributed by atoms with Crippen LogP contribution in [-0.4, -0.2) is 39.0 Å². The third-order valence-corrected chi connectivity index (χ3v) is 5.67. The molecule has 1 fully saturated rings. The summed E-state index contributed by atoms with van der Waals surface area (Å²) in [7, 11) is -1.85. The van der Waals surface area contributed by atoms with E-state index in [1.54, 1.807) is 31.3 Å². The maximum Gasteiger partial charge on any atom is 0.242 e. The maximum absolute atomic E-state index is 12.4. The molecule has 1 saturated heterocycles. The molecule has 0 aliphatic carbocycles. The summed E-state index contributed by atoms with van der Waals surface area (Å²) >= 11 is 5.71. The topological polar surface area (TPSA) is 46.6 Å². The molecule has 1 aromatic rings. The lowest BCUT2D eigenvalue weighted by Crippen LogP contribution is -2.37. The fourth-order valence-electron chi connectivity index (χ4n) is 2.27. The van der Waals surface area contributed by atoms with E-state index in [2.05, 4.69) is 0 Å². The summed E-state index contributed by atoms with van der Waals surface area (Å²) in [5.74, 6) is 0.381. The molecule has 2 rings (SSSR count). The van der Waals surface area contributed by atoms with E-state index in [1.807, 2.05) is 0 Å². The minimum Gasteiger partial charge on any atom is -0.377 e. The lowest BCUT2D eigenvalue weighted by Gasteiger charge is -2.27. The van der Waals surface area contributed by atoms with E-state index < -0.39 is 10.0 Å². The quantitative estimate of drug-likeness (QED) is 0.784. The Morgan fingerprint density at radius 3 is 2.55 bits per heavy atom. The molecule has 0 spiro atoms. The van der Waals surface area contributed by atoms with Gasteiger partial charge in [0.05, 0.1) is 11.0 Å². The van der Waals surface area contributed by atoms with Gasteiger partial charge in [0, 0.05) is 26.1 Å². The van der Waals surface area contributed by atoms with Gasteiger partial charge in [0.2, 0.25) is 10.0 Å². The van der Waals surface area contributed by atoms with E-state index >= 15 is 0 Å². The van der Waals surface area contributed by atoms with Crippen molar-refractivity contribution in [3.63, 3.8) is 0 Å². The molecule has 1 heterocycles. The van der Waals surface area contributed by atoms with Crippen LogP contribution in [0.3, 0.4) is 0 Å². The SMILES string of the molecule is CN(CC1CCCCO1)S(=O)(=O)c1ccc(CCl)cc1. The molecule has 1 aliphatic rings. The molecule has 1 aromatic carbocycles. The van der Waals surface area contributed by atoms with E-state index in [4.69, 9.17) is 16.3 Å². The van der Waals surface area contributed by atoms with Gasteiger partial charge in [0.25, 0.3) is 0 Å². The van der Waals surface area contributed by atoms with Crippen LogP contribution >= 0.6 is 11.6 Å². The van der Waals surface area contributed by atoms with Crippen molar-refractivity contribution in [2.24, 2.45) is 0 Å². The van der Waals surface area contributed by atoms with E-state index in [1.165, 1.54) is 4.31 Å². The summed E-state index contributed by atoms with van der Waals surface area (Å²) in [4.78, 5) is 0.296. The first-order chi connectivity index (χ1) is 9.54. The van der Waals surface area contributed by atoms with Crippen molar-refractivity contribution in [2.75, 3.05) is 20.2 Å². The summed E-state index contributed by atoms with van der Waals surface area (Å²) in [6.07, 6.45) is 3.09. The Labute approximate surface area is 125 Å². The van der Waals surface area contributed by atoms with Gasteiger partial charge in [-0.15, -0.1) is 11.6 Å². The first-order valence-corrected chi connectivity index (χ1v) is 8.74. The van der Waals surface area contributed by atoms with Crippen LogP contribution in [0.1, 0.15) is 24.8 Å². The summed E-state index contributed by atoms with van der Waals surface area (Å²) in [6.45, 7) is 1.13. The van der Waals surface area contributed by atoms with Gasteiger partial charge in [-0.3, -0.25) is 0 Å². The summed E-state index contributed by atoms with van der Waals surface area (Å²) in [5, 5.41) is 0. The highest BCUT2D eigenvalue weighted by molar-refractivity contribution is 7.89. The van der Waals surface area contributed by atoms with Crippen molar-refractivity contribution in [1.82, 2.24) is 4.31 Å². The Hall–Kier alpha value is -0.620. The number of sulfonamides is 1. The van der Waals surface area contributed by atoms with Crippen molar-refractivity contribution in [3.8, 4) is 0 Å². The maximum atomic E-state index is 12.4. The summed E-state index contributed by atoms with van der Waals surface area (Å²) in [5.41, 5.74) is 0.906. The number of halogens is 1. The first kappa shape index (κ1) is 15.8. The Balaban J connectivity index is 2.07. The lowest BCUT2D eigenvalue weighted by molar-refractivity contribution is 0.00858. The molecule has 1 unspecified atom stereocenters. The van der Waals surface area contributed by atoms with Gasteiger partial charge in [0.1, 0.15) is 0 Å². The minimum atomic E-state index is -3.45. The molecule has 0 bridgehead atoms. The fourth-order valence-corrected chi connectivity index (χ4v) is 3.65. The number of benzene rings is 1. The highest BCUT2D eigenvalue weighted by Gasteiger charge is 2.25. The predicted molar refractivity (Wildman–Crippen MR) is 79.4 cm³/mol. The minimum absolute atomic E-state index is 0.00522. The van der Waals surface area contributed by atoms with Gasteiger partial charge in [-0.2, -0.15) is 4.31 Å². The Morgan fingerprint density at radius 2 is 2.00 bits per heavy atom. The molecule has 0 aromatic heterocycles. The molecule has 0 radical (unpaired) electrons. The molecule has 0 amide bonds. The van der Waals surface area contributed by atoms with Crippen LogP contribution in [0.25, 0.3) is 0 Å². The number of hydrogen-bond acceptors (Lipinski definition) is 3. The smallest absolute Gasteiger partial charge is 0.242 e. The van der Waals surface area contributed by atoms with Crippen LogP contribution in [0.15, 0.2) is 29.2 Å². The van der Waals surface area contributed by atoms with E-state index in [0.717, 1.165) is 31.4 Å². The largest absolute Gasteiger partial charge is 0.377 e. The molecule has 0 N–H and O–H groups in total. The van der Waals surface area contributed by atoms with Gasteiger partial charge in [-0.05, 0) is 37.0 Å². The average molecular weight is 318 g/mol. The van der Waals surface area contributed by atoms with Crippen molar-refractivity contribution >= 4 is 21.6 Å². The fraction of sp³-hybridized carbons (Fsp3) is 0.571. The molecule has 4 nitrogen and oxygen atoms in total. The molecular weight excluding hydrogens is 298 g/mol. The second-order valence-corrected chi connectivity index (χ2v) is 7.36. The van der Waals surface area contributed by atoms with Crippen molar-refractivity contribution in [1.29, 1.82) is 0 Å². The van der Waals surface area contributed by atoms with E-state index in [-0.39, 0.29) is 6.10 Å². The molecule has 20 heavy (non-hydrogen) atoms. The van der Waals surface area contributed by atoms with Gasteiger partial charge in [0.15, 0.2) is 0 Å². The molecular formula is C14H20ClNO3S. The summed E-state index contributed by atoms with van der Waals surface area (Å²) in [6, 6.07) is 6.69. The highest BCUT2D eigenvalue weighted by Crippen LogP contribution is 2.19. The normalized spacial score (nSPS) is 20.2. The molecule has 1 aliphatic heterocycles. The number of hydrogen-bond donors (Lipinski definition) is 0. The van der Waals surface area contributed by atoms with Crippen LogP contribution in [0.2, 0.25) is 0 Å². The standard InChI is InChI=1S/C14H20ClNO3S/c1-16(11-13-4-2-3-9-19-13)20(17,18)14-7-5-12(10-15)6-8-14/h5-8,13H,2-4,9-11H2,1H3. The van der Waals surface area contributed by atoms with E-state index in [0.29, 0.717) is 17.3 Å². The van der Waals surface area contributed by atoms with Crippen molar-refractivity contribution < 1.29 is 13.2 Å². The zero-order valence-electron chi connectivity index (χ0n) is 11.6. The number of nitrogens with zero attached hydrogens (tertiary/aromatic N) is 1. The van der Waals surface area contributed by atoms with Gasteiger partial charge in [-0.1, -0.05) is 12.1 Å². The van der Waals surface area contributed by atoms with Crippen LogP contribution in [0, 0.1) is 0 Å². The molecule has 0 saturated carbocycles. The van der Waals surface area contributed by atoms with Crippen LogP contribution < -0.4 is 0 Å². The third kappa shape index (κ3) is 3.73. The second kappa shape index (κ2) is 6.89. The van der Waals surface area contributed by atoms with Gasteiger partial charge in [-0.25, -0.2) is 8.42 Å². The molecule has 112 valence electrons. The second-order valence-electron chi connectivity index (χ2n) is 5.05. The Bertz CT molecular complexity index is 524. The number of ether oxygens (including phenoxy) is 1. The van der Waals surface area contributed by atoms with E-state index in [9.17, 15) is 8.42 Å². The zero-order valence-corrected chi connectivity index (χ0v) is 13.2. The van der Waals surface area contributed by atoms with Crippen LogP contribution in [0.4, 0.5) is 0 Å². The zero-order chi connectivity index (χ0) is 14.6. The molecule has 6 heteroatoms. The third-order valence-electron chi connectivity index (χ3n) is 3.52. The predicted octanol–water partition coefficient (Wildman–Crippen LogP) is 2.62. The number of alkyl halides is 1. The summed E-state index contributed by atoms with van der Waals surface area (Å²) < 4.78 is 31.9. The highest BCUT2D eigenvalue weighted by atomic mass is 35.5. The van der Waals surface area contributed by atoms with Crippen molar-refractivity contribution in [2.45, 2.75) is 36.1 Å². The van der Waals surface area contributed by atoms with Gasteiger partial charge < -0.3 is 4.74 Å². The van der Waals surface area contributed by atoms with Crippen molar-refractivity contribution in [3.05, 3.63) is 29.8 Å². The monoisotopic (exact) mass is 317 g/mol. The van der Waals surface area contributed by atoms with Crippen LogP contribution in [-0.2, 0) is 20.6 Å². The van der Waals surface area contributed by atoms with Gasteiger partial charge >= 0.3 is 0 Å². The number of rotatable bonds is 5. The lowest BCUT2D eigenvalue weighted by atomic mass is 10.1. The average Bonchev–Trinajstić information content (AvgIpc) is 2.48. The Kier molecular flexibility index (Phi) is 5.43. The Morgan fingerprint density at radius 1 is 1.30 bits per heavy atom. The number of likely N-dealkylation sites (N-methyl/N-ethyl adjacent to an activating group) is 1. The first-order valence-electron chi connectivity index (χ1n) is 6.77. The van der Waals surface area contributed by atoms with Crippen LogP contribution in [0.5, 0.6) is 0 Å². The molecule has 1 atom stereocenters.